The van der Waals surface area contributed by atoms with Crippen molar-refractivity contribution < 1.29 is 42.8 Å². The molecule has 276 valence electrons. The summed E-state index contributed by atoms with van der Waals surface area (Å²) in [6.07, 6.45) is -6.41. The molecule has 2 aliphatic rings. The number of nitrogens with zero attached hydrogens (tertiary/aromatic N) is 8. The Bertz CT molecular complexity index is 1880. The number of rotatable bonds is 10. The first-order chi connectivity index (χ1) is 25.0. The highest BCUT2D eigenvalue weighted by Gasteiger charge is 2.47. The van der Waals surface area contributed by atoms with E-state index in [1.54, 1.807) is 10.9 Å². The molecule has 2 saturated heterocycles. The van der Waals surface area contributed by atoms with Gasteiger partial charge in [0.15, 0.2) is 29.3 Å². The number of aryl methyl sites for hydroxylation is 1. The number of aliphatic carboxylic acids is 1. The van der Waals surface area contributed by atoms with E-state index in [1.165, 1.54) is 15.9 Å². The van der Waals surface area contributed by atoms with Gasteiger partial charge in [-0.2, -0.15) is 27.9 Å². The smallest absolute Gasteiger partial charge is 0.475 e. The minimum Gasteiger partial charge on any atom is -0.475 e. The average molecular weight is 727 g/mol. The lowest BCUT2D eigenvalue weighted by Gasteiger charge is -2.24. The zero-order valence-electron chi connectivity index (χ0n) is 27.8. The second-order valence-electron chi connectivity index (χ2n) is 12.1. The highest BCUT2D eigenvalue weighted by molar-refractivity contribution is 5.84. The van der Waals surface area contributed by atoms with Crippen LogP contribution >= 0.6 is 0 Å². The van der Waals surface area contributed by atoms with Crippen LogP contribution in [0.2, 0.25) is 0 Å². The van der Waals surface area contributed by atoms with Crippen molar-refractivity contribution in [1.82, 2.24) is 39.7 Å². The summed E-state index contributed by atoms with van der Waals surface area (Å²) in [5.74, 6) is -1.55. The maximum Gasteiger partial charge on any atom is 0.490 e. The van der Waals surface area contributed by atoms with Crippen LogP contribution < -0.4 is 10.6 Å². The molecule has 7 rings (SSSR count). The maximum atomic E-state index is 11.1. The quantitative estimate of drug-likeness (QED) is 0.140. The van der Waals surface area contributed by atoms with E-state index >= 15 is 0 Å². The number of tetrazole rings is 1. The van der Waals surface area contributed by atoms with Crippen molar-refractivity contribution in [3.8, 4) is 0 Å². The van der Waals surface area contributed by atoms with Gasteiger partial charge < -0.3 is 35.4 Å². The first-order valence-corrected chi connectivity index (χ1v) is 16.6. The van der Waals surface area contributed by atoms with Gasteiger partial charge in [0.25, 0.3) is 0 Å². The molecular formula is C33H37F3N10O6. The number of imidazole rings is 1. The molecule has 5 N–H and O–H groups in total. The van der Waals surface area contributed by atoms with Crippen LogP contribution in [0.15, 0.2) is 67.0 Å². The third-order valence-electron chi connectivity index (χ3n) is 8.61. The predicted molar refractivity (Wildman–Crippen MR) is 178 cm³/mol. The molecule has 0 amide bonds. The molecule has 0 aliphatic carbocycles. The number of anilines is 2. The van der Waals surface area contributed by atoms with Crippen molar-refractivity contribution >= 4 is 28.9 Å². The molecule has 0 unspecified atom stereocenters. The number of fused-ring (bicyclic) bond motifs is 1. The number of carboxylic acid groups (broad SMARTS) is 1. The second-order valence-corrected chi connectivity index (χ2v) is 12.1. The van der Waals surface area contributed by atoms with Gasteiger partial charge in [-0.05, 0) is 36.1 Å². The van der Waals surface area contributed by atoms with Gasteiger partial charge in [-0.25, -0.2) is 9.78 Å². The number of hydrogen-bond donors (Lipinski definition) is 5. The summed E-state index contributed by atoms with van der Waals surface area (Å²) >= 11 is 0. The van der Waals surface area contributed by atoms with E-state index in [-0.39, 0.29) is 17.8 Å². The van der Waals surface area contributed by atoms with Gasteiger partial charge >= 0.3 is 12.1 Å². The summed E-state index contributed by atoms with van der Waals surface area (Å²) < 4.78 is 45.1. The van der Waals surface area contributed by atoms with Crippen LogP contribution in [-0.2, 0) is 20.8 Å². The van der Waals surface area contributed by atoms with Gasteiger partial charge in [0, 0.05) is 31.7 Å². The third-order valence-corrected chi connectivity index (χ3v) is 8.61. The van der Waals surface area contributed by atoms with Crippen molar-refractivity contribution in [2.24, 2.45) is 0 Å². The van der Waals surface area contributed by atoms with Crippen molar-refractivity contribution in [3.63, 3.8) is 0 Å². The van der Waals surface area contributed by atoms with Gasteiger partial charge in [-0.15, -0.1) is 10.2 Å². The molecule has 52 heavy (non-hydrogen) atoms. The monoisotopic (exact) mass is 726 g/mol. The Morgan fingerprint density at radius 1 is 1.00 bits per heavy atom. The SMILES string of the molecule is CCn1nnc([C@H]2O[C@@H](n3cnc4c(NCC(c5ccccc5)c5ccccc5)nc(NC5CCOCC5)nc43)[C@H](O)[C@@H]2O)n1.O=C(O)C(F)(F)F. The van der Waals surface area contributed by atoms with Crippen LogP contribution in [0.3, 0.4) is 0 Å². The Kier molecular flexibility index (Phi) is 11.2. The van der Waals surface area contributed by atoms with E-state index in [9.17, 15) is 23.4 Å². The minimum atomic E-state index is -5.08. The number of aliphatic hydroxyl groups is 2. The number of halogens is 3. The van der Waals surface area contributed by atoms with Gasteiger partial charge in [0.05, 0.1) is 12.9 Å². The fourth-order valence-electron chi connectivity index (χ4n) is 5.92. The Labute approximate surface area is 294 Å². The van der Waals surface area contributed by atoms with Crippen LogP contribution in [0.4, 0.5) is 24.9 Å². The second kappa shape index (κ2) is 16.0. The zero-order chi connectivity index (χ0) is 36.8. The zero-order valence-corrected chi connectivity index (χ0v) is 27.8. The van der Waals surface area contributed by atoms with E-state index < -0.39 is 36.7 Å². The van der Waals surface area contributed by atoms with E-state index in [0.717, 1.165) is 12.8 Å². The van der Waals surface area contributed by atoms with Gasteiger partial charge in [0.1, 0.15) is 12.2 Å². The first kappa shape index (κ1) is 36.5. The van der Waals surface area contributed by atoms with Crippen LogP contribution in [0, 0.1) is 0 Å². The molecule has 3 aromatic heterocycles. The molecule has 0 spiro atoms. The van der Waals surface area contributed by atoms with Gasteiger partial charge in [-0.1, -0.05) is 60.7 Å². The number of ether oxygens (including phenoxy) is 2. The van der Waals surface area contributed by atoms with Gasteiger partial charge in [-0.3, -0.25) is 4.57 Å². The minimum absolute atomic E-state index is 0.0475. The molecule has 2 aromatic carbocycles. The molecule has 0 saturated carbocycles. The molecule has 2 fully saturated rings. The van der Waals surface area contributed by atoms with Crippen molar-refractivity contribution in [3.05, 3.63) is 83.9 Å². The fraction of sp³-hybridized carbons (Fsp3) is 0.424. The number of carboxylic acids is 1. The first-order valence-electron chi connectivity index (χ1n) is 16.6. The molecule has 0 bridgehead atoms. The van der Waals surface area contributed by atoms with Crippen molar-refractivity contribution in [2.45, 2.75) is 69.0 Å². The molecule has 2 aliphatic heterocycles. The van der Waals surface area contributed by atoms with Crippen LogP contribution in [0.25, 0.3) is 11.2 Å². The molecule has 5 aromatic rings. The van der Waals surface area contributed by atoms with E-state index in [2.05, 4.69) is 55.3 Å². The number of nitrogens with one attached hydrogen (secondary N) is 2. The van der Waals surface area contributed by atoms with E-state index in [0.29, 0.717) is 49.2 Å². The summed E-state index contributed by atoms with van der Waals surface area (Å²) in [5.41, 5.74) is 3.30. The van der Waals surface area contributed by atoms with Crippen LogP contribution in [-0.4, -0.2) is 105 Å². The Morgan fingerprint density at radius 2 is 1.63 bits per heavy atom. The van der Waals surface area contributed by atoms with Crippen molar-refractivity contribution in [1.29, 1.82) is 0 Å². The fourth-order valence-corrected chi connectivity index (χ4v) is 5.92. The average Bonchev–Trinajstić information content (AvgIpc) is 3.87. The summed E-state index contributed by atoms with van der Waals surface area (Å²) in [7, 11) is 0. The third kappa shape index (κ3) is 8.28. The predicted octanol–water partition coefficient (Wildman–Crippen LogP) is 3.29. The van der Waals surface area contributed by atoms with E-state index in [1.807, 2.05) is 43.3 Å². The largest absolute Gasteiger partial charge is 0.490 e. The summed E-state index contributed by atoms with van der Waals surface area (Å²) in [5, 5.41) is 48.5. The highest BCUT2D eigenvalue weighted by Crippen LogP contribution is 2.39. The Hall–Kier alpha value is -5.24. The summed E-state index contributed by atoms with van der Waals surface area (Å²) in [6, 6.07) is 20.8. The highest BCUT2D eigenvalue weighted by atomic mass is 19.4. The standard InChI is InChI=1S/C31H36N10O4.C2HF3O2/c1-2-41-38-28(37-39-41)26-24(42)25(43)30(45-26)40-18-33-23-27(35-31(36-29(23)40)34-21-13-15-44-16-14-21)32-17-22(19-9-5-3-6-10-19)20-11-7-4-8-12-20;3-2(4,5)1(6)7/h3-12,18,21-22,24-26,30,42-43H,2,13-17H2,1H3,(H2,32,34,35,36);(H,6,7)/t24-,25+,26-,30+;/m0./s1. The molecule has 16 nitrogen and oxygen atoms in total. The normalized spacial score (nSPS) is 20.8. The summed E-state index contributed by atoms with van der Waals surface area (Å²) in [6.45, 7) is 4.27. The molecule has 4 atom stereocenters. The Morgan fingerprint density at radius 3 is 2.21 bits per heavy atom. The van der Waals surface area contributed by atoms with Crippen LogP contribution in [0.5, 0.6) is 0 Å². The van der Waals surface area contributed by atoms with Crippen molar-refractivity contribution in [2.75, 3.05) is 30.4 Å². The van der Waals surface area contributed by atoms with E-state index in [4.69, 9.17) is 29.3 Å². The number of aliphatic hydroxyl groups excluding tert-OH is 2. The number of benzene rings is 2. The van der Waals surface area contributed by atoms with Crippen LogP contribution in [0.1, 0.15) is 55.0 Å². The lowest BCUT2D eigenvalue weighted by molar-refractivity contribution is -0.192. The lowest BCUT2D eigenvalue weighted by Crippen LogP contribution is -2.30. The lowest BCUT2D eigenvalue weighted by atomic mass is 9.91. The summed E-state index contributed by atoms with van der Waals surface area (Å²) in [4.78, 5) is 24.6. The number of aromatic nitrogens is 8. The molecule has 5 heterocycles. The number of alkyl halides is 3. The maximum absolute atomic E-state index is 11.1. The van der Waals surface area contributed by atoms with Gasteiger partial charge in [0.2, 0.25) is 11.8 Å². The number of carbonyl (C=O) groups is 1. The molecular weight excluding hydrogens is 689 g/mol. The Balaban J connectivity index is 0.000000604. The number of hydrogen-bond acceptors (Lipinski definition) is 13. The molecule has 19 heteroatoms. The topological polar surface area (TPSA) is 207 Å². The molecule has 0 radical (unpaired) electrons.